The van der Waals surface area contributed by atoms with Crippen LogP contribution in [-0.4, -0.2) is 30.6 Å². The van der Waals surface area contributed by atoms with Crippen LogP contribution in [0.1, 0.15) is 44.9 Å². The molecule has 0 aromatic rings. The van der Waals surface area contributed by atoms with E-state index in [0.717, 1.165) is 6.42 Å². The van der Waals surface area contributed by atoms with Crippen LogP contribution in [0.4, 0.5) is 22.0 Å². The van der Waals surface area contributed by atoms with Crippen molar-refractivity contribution in [2.45, 2.75) is 68.9 Å². The third-order valence-electron chi connectivity index (χ3n) is 6.94. The van der Waals surface area contributed by atoms with Crippen molar-refractivity contribution in [2.75, 3.05) is 6.61 Å². The van der Waals surface area contributed by atoms with Gasteiger partial charge < -0.3 is 9.47 Å². The van der Waals surface area contributed by atoms with E-state index < -0.39 is 35.3 Å². The Balaban J connectivity index is 1.86. The lowest BCUT2D eigenvalue weighted by Crippen LogP contribution is -2.76. The van der Waals surface area contributed by atoms with Crippen LogP contribution in [0.2, 0.25) is 0 Å². The van der Waals surface area contributed by atoms with Gasteiger partial charge in [-0.3, -0.25) is 0 Å². The molecule has 7 heteroatoms. The molecule has 4 unspecified atom stereocenters. The Bertz CT molecular complexity index is 540. The molecule has 0 amide bonds. The highest BCUT2D eigenvalue weighted by atomic mass is 19.4. The minimum atomic E-state index is -5.67. The SMILES string of the molecule is C=CC12CC3CC(CC(C3)C1(OC1CCCO1)C(F)(F)C(F)(F)F)C2. The number of halogens is 5. The molecule has 0 aromatic heterocycles. The van der Waals surface area contributed by atoms with Crippen molar-refractivity contribution < 1.29 is 31.4 Å². The molecular formula is C18H23F5O2. The number of alkyl halides is 5. The molecule has 0 spiro atoms. The average molecular weight is 366 g/mol. The number of hydrogen-bond donors (Lipinski definition) is 0. The summed E-state index contributed by atoms with van der Waals surface area (Å²) in [6.45, 7) is 4.02. The van der Waals surface area contributed by atoms with Gasteiger partial charge in [-0.2, -0.15) is 22.0 Å². The van der Waals surface area contributed by atoms with Crippen molar-refractivity contribution >= 4 is 0 Å². The Kier molecular flexibility index (Phi) is 3.83. The van der Waals surface area contributed by atoms with Crippen LogP contribution < -0.4 is 0 Å². The molecule has 0 N–H and O–H groups in total. The normalized spacial score (nSPS) is 46.6. The molecule has 4 aliphatic carbocycles. The van der Waals surface area contributed by atoms with Crippen molar-refractivity contribution in [1.29, 1.82) is 0 Å². The van der Waals surface area contributed by atoms with Gasteiger partial charge in [0, 0.05) is 18.4 Å². The zero-order chi connectivity index (χ0) is 18.1. The van der Waals surface area contributed by atoms with E-state index in [0.29, 0.717) is 45.1 Å². The standard InChI is InChI=1S/C18H23F5O2/c1-2-15-9-11-6-12(10-15)8-13(7-11)16(15,17(19,20)18(21,22)23)25-14-4-3-5-24-14/h2,11-14H,1,3-10H2. The molecular weight excluding hydrogens is 343 g/mol. The first-order chi connectivity index (χ1) is 11.7. The molecule has 142 valence electrons. The summed E-state index contributed by atoms with van der Waals surface area (Å²) in [4.78, 5) is 0. The summed E-state index contributed by atoms with van der Waals surface area (Å²) < 4.78 is 81.8. The molecule has 5 rings (SSSR count). The third kappa shape index (κ3) is 2.20. The second-order valence-electron chi connectivity index (χ2n) is 8.27. The van der Waals surface area contributed by atoms with Gasteiger partial charge in [0.05, 0.1) is 0 Å². The Morgan fingerprint density at radius 3 is 2.16 bits per heavy atom. The lowest BCUT2D eigenvalue weighted by atomic mass is 9.41. The van der Waals surface area contributed by atoms with Crippen LogP contribution in [-0.2, 0) is 9.47 Å². The first-order valence-corrected chi connectivity index (χ1v) is 9.03. The maximum atomic E-state index is 15.1. The van der Waals surface area contributed by atoms with Crippen molar-refractivity contribution in [2.24, 2.45) is 23.2 Å². The predicted octanol–water partition coefficient (Wildman–Crippen LogP) is 5.09. The highest BCUT2D eigenvalue weighted by molar-refractivity contribution is 5.26. The van der Waals surface area contributed by atoms with E-state index in [2.05, 4.69) is 6.58 Å². The molecule has 5 aliphatic rings. The molecule has 2 nitrogen and oxygen atoms in total. The molecule has 0 radical (unpaired) electrons. The van der Waals surface area contributed by atoms with Crippen LogP contribution >= 0.6 is 0 Å². The smallest absolute Gasteiger partial charge is 0.353 e. The van der Waals surface area contributed by atoms with Gasteiger partial charge in [0.1, 0.15) is 0 Å². The second-order valence-corrected chi connectivity index (χ2v) is 8.27. The molecule has 1 saturated heterocycles. The van der Waals surface area contributed by atoms with Gasteiger partial charge in [-0.15, -0.1) is 6.58 Å². The average Bonchev–Trinajstić information content (AvgIpc) is 3.01. The van der Waals surface area contributed by atoms with Crippen LogP contribution in [0.25, 0.3) is 0 Å². The Hall–Kier alpha value is -0.690. The van der Waals surface area contributed by atoms with Crippen LogP contribution in [0.15, 0.2) is 12.7 Å². The molecule has 5 fully saturated rings. The highest BCUT2D eigenvalue weighted by Gasteiger charge is 2.82. The van der Waals surface area contributed by atoms with Crippen LogP contribution in [0.5, 0.6) is 0 Å². The van der Waals surface area contributed by atoms with E-state index in [1.807, 2.05) is 0 Å². The van der Waals surface area contributed by atoms with E-state index in [9.17, 15) is 13.2 Å². The maximum Gasteiger partial charge on any atom is 0.456 e. The molecule has 4 bridgehead atoms. The van der Waals surface area contributed by atoms with Gasteiger partial charge in [0.15, 0.2) is 11.9 Å². The minimum Gasteiger partial charge on any atom is -0.353 e. The number of ether oxygens (including phenoxy) is 2. The lowest BCUT2D eigenvalue weighted by Gasteiger charge is -2.67. The van der Waals surface area contributed by atoms with Crippen LogP contribution in [0.3, 0.4) is 0 Å². The topological polar surface area (TPSA) is 18.5 Å². The summed E-state index contributed by atoms with van der Waals surface area (Å²) in [5.41, 5.74) is -3.96. The fourth-order valence-corrected chi connectivity index (χ4v) is 6.29. The number of hydrogen-bond acceptors (Lipinski definition) is 2. The van der Waals surface area contributed by atoms with Gasteiger partial charge in [-0.25, -0.2) is 0 Å². The lowest BCUT2D eigenvalue weighted by molar-refractivity contribution is -0.421. The van der Waals surface area contributed by atoms with Gasteiger partial charge in [-0.05, 0) is 56.3 Å². The van der Waals surface area contributed by atoms with Gasteiger partial charge in [-0.1, -0.05) is 6.08 Å². The quantitative estimate of drug-likeness (QED) is 0.510. The first-order valence-electron chi connectivity index (χ1n) is 9.03. The van der Waals surface area contributed by atoms with Gasteiger partial charge in [0.25, 0.3) is 0 Å². The highest BCUT2D eigenvalue weighted by Crippen LogP contribution is 2.72. The second kappa shape index (κ2) is 5.41. The third-order valence-corrected chi connectivity index (χ3v) is 6.94. The number of rotatable bonds is 4. The monoisotopic (exact) mass is 366 g/mol. The van der Waals surface area contributed by atoms with E-state index in [1.54, 1.807) is 0 Å². The zero-order valence-electron chi connectivity index (χ0n) is 14.0. The maximum absolute atomic E-state index is 15.1. The summed E-state index contributed by atoms with van der Waals surface area (Å²) in [5.74, 6) is -5.41. The molecule has 25 heavy (non-hydrogen) atoms. The van der Waals surface area contributed by atoms with Gasteiger partial charge >= 0.3 is 12.1 Å². The minimum absolute atomic E-state index is 0.181. The fourth-order valence-electron chi connectivity index (χ4n) is 6.29. The van der Waals surface area contributed by atoms with E-state index in [-0.39, 0.29) is 11.8 Å². The zero-order valence-corrected chi connectivity index (χ0v) is 14.0. The first kappa shape index (κ1) is 17.7. The predicted molar refractivity (Wildman–Crippen MR) is 80.0 cm³/mol. The summed E-state index contributed by atoms with van der Waals surface area (Å²) in [6.07, 6.45) is -2.14. The summed E-state index contributed by atoms with van der Waals surface area (Å²) >= 11 is 0. The largest absolute Gasteiger partial charge is 0.456 e. The summed E-state index contributed by atoms with van der Waals surface area (Å²) in [7, 11) is 0. The van der Waals surface area contributed by atoms with Crippen molar-refractivity contribution in [3.8, 4) is 0 Å². The molecule has 1 heterocycles. The van der Waals surface area contributed by atoms with E-state index in [1.165, 1.54) is 6.08 Å². The van der Waals surface area contributed by atoms with Gasteiger partial charge in [0.2, 0.25) is 0 Å². The van der Waals surface area contributed by atoms with E-state index in [4.69, 9.17) is 9.47 Å². The Morgan fingerprint density at radius 1 is 1.04 bits per heavy atom. The van der Waals surface area contributed by atoms with Crippen molar-refractivity contribution in [3.05, 3.63) is 12.7 Å². The summed E-state index contributed by atoms with van der Waals surface area (Å²) in [6, 6.07) is 0. The molecule has 4 saturated carbocycles. The van der Waals surface area contributed by atoms with E-state index >= 15 is 8.78 Å². The van der Waals surface area contributed by atoms with Crippen LogP contribution in [0, 0.1) is 23.2 Å². The molecule has 1 aliphatic heterocycles. The summed E-state index contributed by atoms with van der Waals surface area (Å²) in [5, 5.41) is 0. The fraction of sp³-hybridized carbons (Fsp3) is 0.889. The molecule has 4 atom stereocenters. The van der Waals surface area contributed by atoms with Crippen molar-refractivity contribution in [3.63, 3.8) is 0 Å². The van der Waals surface area contributed by atoms with Crippen molar-refractivity contribution in [1.82, 2.24) is 0 Å². The molecule has 0 aromatic carbocycles. The Labute approximate surface area is 143 Å². The Morgan fingerprint density at radius 2 is 1.68 bits per heavy atom.